The molecule has 21 heavy (non-hydrogen) atoms. The average Bonchev–Trinajstić information content (AvgIpc) is 2.40. The molecule has 0 spiro atoms. The van der Waals surface area contributed by atoms with E-state index in [2.05, 4.69) is 63.0 Å². The Morgan fingerprint density at radius 1 is 1.19 bits per heavy atom. The summed E-state index contributed by atoms with van der Waals surface area (Å²) >= 11 is 0. The summed E-state index contributed by atoms with van der Waals surface area (Å²) in [6.45, 7) is 14.8. The fraction of sp³-hybridized carbons (Fsp3) is 0.667. The molecule has 3 heteroatoms. The molecule has 0 atom stereocenters. The molecule has 0 amide bonds. The number of hydrogen-bond donors (Lipinski definition) is 1. The minimum atomic E-state index is 0.476. The van der Waals surface area contributed by atoms with Crippen LogP contribution in [0.2, 0.25) is 0 Å². The highest BCUT2D eigenvalue weighted by molar-refractivity contribution is 5.51. The lowest BCUT2D eigenvalue weighted by atomic mass is 10.1. The molecule has 1 aromatic rings. The van der Waals surface area contributed by atoms with Gasteiger partial charge in [-0.15, -0.1) is 0 Å². The molecule has 1 N–H and O–H groups in total. The number of nitrogens with one attached hydrogen (secondary N) is 1. The summed E-state index contributed by atoms with van der Waals surface area (Å²) in [7, 11) is 1.76. The van der Waals surface area contributed by atoms with Crippen LogP contribution in [0, 0.1) is 12.8 Å². The van der Waals surface area contributed by atoms with Gasteiger partial charge in [-0.1, -0.05) is 19.9 Å². The van der Waals surface area contributed by atoms with E-state index in [1.807, 2.05) is 0 Å². The molecule has 0 fully saturated rings. The maximum Gasteiger partial charge on any atom is 0.0637 e. The number of rotatable bonds is 9. The molecule has 0 aliphatic heterocycles. The maximum atomic E-state index is 5.22. The van der Waals surface area contributed by atoms with Gasteiger partial charge in [-0.3, -0.25) is 0 Å². The lowest BCUT2D eigenvalue weighted by Crippen LogP contribution is -2.33. The molecular formula is C18H32N2O. The van der Waals surface area contributed by atoms with Crippen LogP contribution in [0.25, 0.3) is 0 Å². The summed E-state index contributed by atoms with van der Waals surface area (Å²) in [5.74, 6) is 0.690. The summed E-state index contributed by atoms with van der Waals surface area (Å²) in [5.41, 5.74) is 4.02. The van der Waals surface area contributed by atoms with Gasteiger partial charge >= 0.3 is 0 Å². The Labute approximate surface area is 130 Å². The lowest BCUT2D eigenvalue weighted by molar-refractivity contribution is 0.204. The van der Waals surface area contributed by atoms with Gasteiger partial charge in [0.2, 0.25) is 0 Å². The Morgan fingerprint density at radius 2 is 1.90 bits per heavy atom. The third kappa shape index (κ3) is 6.06. The van der Waals surface area contributed by atoms with Gasteiger partial charge in [0.15, 0.2) is 0 Å². The molecule has 0 heterocycles. The van der Waals surface area contributed by atoms with E-state index in [1.54, 1.807) is 7.11 Å². The fourth-order valence-electron chi connectivity index (χ4n) is 2.43. The van der Waals surface area contributed by atoms with Crippen LogP contribution in [-0.4, -0.2) is 32.8 Å². The van der Waals surface area contributed by atoms with Gasteiger partial charge in [-0.2, -0.15) is 0 Å². The van der Waals surface area contributed by atoms with E-state index in [1.165, 1.54) is 16.8 Å². The van der Waals surface area contributed by atoms with Gasteiger partial charge in [-0.25, -0.2) is 0 Å². The third-order valence-electron chi connectivity index (χ3n) is 3.69. The van der Waals surface area contributed by atoms with E-state index in [-0.39, 0.29) is 0 Å². The predicted molar refractivity (Wildman–Crippen MR) is 92.1 cm³/mol. The van der Waals surface area contributed by atoms with Crippen molar-refractivity contribution < 1.29 is 4.74 Å². The molecule has 0 aromatic heterocycles. The minimum Gasteiger partial charge on any atom is -0.383 e. The summed E-state index contributed by atoms with van der Waals surface area (Å²) in [6, 6.07) is 7.25. The zero-order valence-electron chi connectivity index (χ0n) is 14.6. The Balaban J connectivity index is 2.74. The first-order valence-electron chi connectivity index (χ1n) is 8.01. The van der Waals surface area contributed by atoms with Crippen LogP contribution in [0.5, 0.6) is 0 Å². The number of benzene rings is 1. The molecule has 120 valence electrons. The first-order valence-corrected chi connectivity index (χ1v) is 8.01. The Kier molecular flexibility index (Phi) is 7.76. The van der Waals surface area contributed by atoms with Gasteiger partial charge in [-0.05, 0) is 56.5 Å². The third-order valence-corrected chi connectivity index (χ3v) is 3.69. The molecule has 3 nitrogen and oxygen atoms in total. The number of ether oxygens (including phenoxy) is 1. The van der Waals surface area contributed by atoms with Crippen molar-refractivity contribution in [1.82, 2.24) is 5.32 Å². The second-order valence-electron chi connectivity index (χ2n) is 6.42. The van der Waals surface area contributed by atoms with E-state index in [0.29, 0.717) is 12.0 Å². The Morgan fingerprint density at radius 3 is 2.43 bits per heavy atom. The van der Waals surface area contributed by atoms with Crippen LogP contribution < -0.4 is 10.2 Å². The van der Waals surface area contributed by atoms with Gasteiger partial charge in [0.05, 0.1) is 6.61 Å². The molecule has 0 bridgehead atoms. The van der Waals surface area contributed by atoms with Crippen LogP contribution in [-0.2, 0) is 11.3 Å². The van der Waals surface area contributed by atoms with Gasteiger partial charge < -0.3 is 15.0 Å². The van der Waals surface area contributed by atoms with Crippen molar-refractivity contribution in [2.45, 2.75) is 47.2 Å². The highest BCUT2D eigenvalue weighted by Gasteiger charge is 2.11. The Hall–Kier alpha value is -1.06. The molecule has 0 saturated carbocycles. The normalized spacial score (nSPS) is 11.4. The first kappa shape index (κ1) is 18.0. The average molecular weight is 292 g/mol. The summed E-state index contributed by atoms with van der Waals surface area (Å²) in [6.07, 6.45) is 0. The van der Waals surface area contributed by atoms with Crippen molar-refractivity contribution in [1.29, 1.82) is 0 Å². The van der Waals surface area contributed by atoms with Gasteiger partial charge in [0.1, 0.15) is 0 Å². The van der Waals surface area contributed by atoms with E-state index < -0.39 is 0 Å². The zero-order valence-corrected chi connectivity index (χ0v) is 14.6. The highest BCUT2D eigenvalue weighted by atomic mass is 16.5. The lowest BCUT2D eigenvalue weighted by Gasteiger charge is -2.29. The van der Waals surface area contributed by atoms with Crippen molar-refractivity contribution in [3.63, 3.8) is 0 Å². The van der Waals surface area contributed by atoms with Crippen molar-refractivity contribution in [3.8, 4) is 0 Å². The van der Waals surface area contributed by atoms with Gasteiger partial charge in [0, 0.05) is 31.9 Å². The van der Waals surface area contributed by atoms with E-state index >= 15 is 0 Å². The quantitative estimate of drug-likeness (QED) is 0.752. The van der Waals surface area contributed by atoms with Crippen molar-refractivity contribution >= 4 is 5.69 Å². The largest absolute Gasteiger partial charge is 0.383 e. The summed E-state index contributed by atoms with van der Waals surface area (Å²) in [5, 5.41) is 3.51. The molecule has 1 rings (SSSR count). The predicted octanol–water partition coefficient (Wildman–Crippen LogP) is 3.60. The van der Waals surface area contributed by atoms with E-state index in [9.17, 15) is 0 Å². The highest BCUT2D eigenvalue weighted by Crippen LogP contribution is 2.21. The second-order valence-corrected chi connectivity index (χ2v) is 6.42. The van der Waals surface area contributed by atoms with Crippen molar-refractivity contribution in [2.75, 3.05) is 31.7 Å². The number of nitrogens with zero attached hydrogens (tertiary/aromatic N) is 1. The molecule has 0 radical (unpaired) electrons. The topological polar surface area (TPSA) is 24.5 Å². The number of anilines is 1. The van der Waals surface area contributed by atoms with E-state index in [4.69, 9.17) is 4.74 Å². The summed E-state index contributed by atoms with van der Waals surface area (Å²) in [4.78, 5) is 2.39. The van der Waals surface area contributed by atoms with Crippen LogP contribution in [0.1, 0.15) is 38.8 Å². The molecule has 1 aromatic carbocycles. The Bertz CT molecular complexity index is 416. The number of methoxy groups -OCH3 is 1. The molecule has 0 aliphatic rings. The maximum absolute atomic E-state index is 5.22. The smallest absolute Gasteiger partial charge is 0.0637 e. The zero-order chi connectivity index (χ0) is 15.8. The van der Waals surface area contributed by atoms with Gasteiger partial charge in [0.25, 0.3) is 0 Å². The molecular weight excluding hydrogens is 260 g/mol. The number of hydrogen-bond acceptors (Lipinski definition) is 3. The fourth-order valence-corrected chi connectivity index (χ4v) is 2.43. The summed E-state index contributed by atoms with van der Waals surface area (Å²) < 4.78 is 5.22. The minimum absolute atomic E-state index is 0.476. The van der Waals surface area contributed by atoms with Crippen LogP contribution in [0.15, 0.2) is 18.2 Å². The van der Waals surface area contributed by atoms with Crippen LogP contribution in [0.4, 0.5) is 5.69 Å². The SMILES string of the molecule is COCCN(c1ccc(CNCC(C)C)c(C)c1)C(C)C. The van der Waals surface area contributed by atoms with Crippen molar-refractivity contribution in [2.24, 2.45) is 5.92 Å². The van der Waals surface area contributed by atoms with Crippen molar-refractivity contribution in [3.05, 3.63) is 29.3 Å². The second kappa shape index (κ2) is 9.06. The van der Waals surface area contributed by atoms with Crippen LogP contribution >= 0.6 is 0 Å². The molecule has 0 unspecified atom stereocenters. The first-order chi connectivity index (χ1) is 9.95. The molecule has 0 saturated heterocycles. The van der Waals surface area contributed by atoms with E-state index in [0.717, 1.165) is 26.2 Å². The number of aryl methyl sites for hydroxylation is 1. The van der Waals surface area contributed by atoms with Crippen LogP contribution in [0.3, 0.4) is 0 Å². The standard InChI is InChI=1S/C18H32N2O/c1-14(2)12-19-13-17-7-8-18(11-16(17)5)20(15(3)4)9-10-21-6/h7-8,11,14-15,19H,9-10,12-13H2,1-6H3. The molecule has 0 aliphatic carbocycles. The monoisotopic (exact) mass is 292 g/mol.